The summed E-state index contributed by atoms with van der Waals surface area (Å²) < 4.78 is 0. The average molecular weight is 339 g/mol. The summed E-state index contributed by atoms with van der Waals surface area (Å²) in [5, 5.41) is 8.86. The van der Waals surface area contributed by atoms with Gasteiger partial charge in [0.05, 0.1) is 12.6 Å². The maximum atomic E-state index is 12.1. The second kappa shape index (κ2) is 8.87. The Morgan fingerprint density at radius 3 is 2.32 bits per heavy atom. The van der Waals surface area contributed by atoms with Gasteiger partial charge in [-0.25, -0.2) is 0 Å². The Morgan fingerprint density at radius 1 is 0.920 bits per heavy atom. The van der Waals surface area contributed by atoms with Crippen LogP contribution < -0.4 is 16.0 Å². The molecule has 0 bridgehead atoms. The van der Waals surface area contributed by atoms with Crippen molar-refractivity contribution < 1.29 is 9.59 Å². The molecule has 0 saturated carbocycles. The molecule has 2 aromatic carbocycles. The third-order valence-electron chi connectivity index (χ3n) is 3.67. The van der Waals surface area contributed by atoms with E-state index in [-0.39, 0.29) is 30.4 Å². The van der Waals surface area contributed by atoms with Gasteiger partial charge in [-0.05, 0) is 44.5 Å². The van der Waals surface area contributed by atoms with E-state index in [9.17, 15) is 9.59 Å². The molecule has 0 spiro atoms. The van der Waals surface area contributed by atoms with Crippen molar-refractivity contribution in [2.45, 2.75) is 32.9 Å². The van der Waals surface area contributed by atoms with E-state index >= 15 is 0 Å². The molecule has 0 radical (unpaired) electrons. The van der Waals surface area contributed by atoms with Gasteiger partial charge in [-0.1, -0.05) is 36.4 Å². The molecule has 1 atom stereocenters. The van der Waals surface area contributed by atoms with Crippen LogP contribution >= 0.6 is 0 Å². The molecule has 5 nitrogen and oxygen atoms in total. The van der Waals surface area contributed by atoms with Crippen molar-refractivity contribution in [3.8, 4) is 0 Å². The molecular weight excluding hydrogens is 314 g/mol. The topological polar surface area (TPSA) is 70.2 Å². The molecule has 3 N–H and O–H groups in total. The van der Waals surface area contributed by atoms with E-state index in [1.165, 1.54) is 0 Å². The van der Waals surface area contributed by atoms with Crippen molar-refractivity contribution in [1.82, 2.24) is 10.6 Å². The normalized spacial score (nSPS) is 11.7. The van der Waals surface area contributed by atoms with Crippen molar-refractivity contribution in [1.29, 1.82) is 0 Å². The van der Waals surface area contributed by atoms with Gasteiger partial charge in [-0.3, -0.25) is 9.59 Å². The molecule has 0 heterocycles. The van der Waals surface area contributed by atoms with Crippen LogP contribution in [-0.2, 0) is 4.79 Å². The van der Waals surface area contributed by atoms with Crippen LogP contribution in [0.15, 0.2) is 54.6 Å². The fourth-order valence-electron chi connectivity index (χ4n) is 2.42. The van der Waals surface area contributed by atoms with Gasteiger partial charge in [0, 0.05) is 17.3 Å². The Bertz CT molecular complexity index is 714. The molecule has 0 aromatic heterocycles. The van der Waals surface area contributed by atoms with E-state index in [1.54, 1.807) is 18.2 Å². The molecule has 5 heteroatoms. The fraction of sp³-hybridized carbons (Fsp3) is 0.300. The van der Waals surface area contributed by atoms with Crippen LogP contribution in [0.1, 0.15) is 42.7 Å². The monoisotopic (exact) mass is 339 g/mol. The number of hydrogen-bond acceptors (Lipinski definition) is 3. The maximum Gasteiger partial charge on any atom is 0.251 e. The first-order chi connectivity index (χ1) is 12.0. The van der Waals surface area contributed by atoms with Crippen LogP contribution in [0.5, 0.6) is 0 Å². The summed E-state index contributed by atoms with van der Waals surface area (Å²) >= 11 is 0. The second-order valence-electron chi connectivity index (χ2n) is 6.26. The highest BCUT2D eigenvalue weighted by atomic mass is 16.2. The van der Waals surface area contributed by atoms with Crippen LogP contribution in [0.25, 0.3) is 0 Å². The summed E-state index contributed by atoms with van der Waals surface area (Å²) in [6.07, 6.45) is 0. The predicted molar refractivity (Wildman–Crippen MR) is 101 cm³/mol. The number of anilines is 1. The minimum absolute atomic E-state index is 0.0568. The SMILES string of the molecule is CC(C)NC(=O)c1cccc(NCC(=O)NC(C)c2ccccc2)c1. The molecule has 0 fully saturated rings. The Hall–Kier alpha value is -2.82. The molecule has 1 unspecified atom stereocenters. The Morgan fingerprint density at radius 2 is 1.64 bits per heavy atom. The minimum Gasteiger partial charge on any atom is -0.376 e. The van der Waals surface area contributed by atoms with Crippen molar-refractivity contribution in [3.63, 3.8) is 0 Å². The Balaban J connectivity index is 1.88. The lowest BCUT2D eigenvalue weighted by Crippen LogP contribution is -2.32. The fourth-order valence-corrected chi connectivity index (χ4v) is 2.42. The maximum absolute atomic E-state index is 12.1. The number of hydrogen-bond donors (Lipinski definition) is 3. The molecule has 132 valence electrons. The van der Waals surface area contributed by atoms with E-state index in [0.717, 1.165) is 11.3 Å². The predicted octanol–water partition coefficient (Wildman–Crippen LogP) is 3.11. The molecule has 0 aliphatic carbocycles. The first-order valence-electron chi connectivity index (χ1n) is 8.45. The molecule has 0 aliphatic rings. The highest BCUT2D eigenvalue weighted by Gasteiger charge is 2.10. The van der Waals surface area contributed by atoms with Crippen molar-refractivity contribution in [2.75, 3.05) is 11.9 Å². The Kier molecular flexibility index (Phi) is 6.57. The van der Waals surface area contributed by atoms with Gasteiger partial charge in [0.25, 0.3) is 5.91 Å². The summed E-state index contributed by atoms with van der Waals surface area (Å²) in [5.41, 5.74) is 2.36. The zero-order valence-corrected chi connectivity index (χ0v) is 14.9. The molecule has 25 heavy (non-hydrogen) atoms. The van der Waals surface area contributed by atoms with Crippen molar-refractivity contribution in [3.05, 3.63) is 65.7 Å². The van der Waals surface area contributed by atoms with Crippen LogP contribution in [0.4, 0.5) is 5.69 Å². The van der Waals surface area contributed by atoms with Gasteiger partial charge >= 0.3 is 0 Å². The van der Waals surface area contributed by atoms with Gasteiger partial charge < -0.3 is 16.0 Å². The first-order valence-corrected chi connectivity index (χ1v) is 8.45. The van der Waals surface area contributed by atoms with E-state index in [2.05, 4.69) is 16.0 Å². The largest absolute Gasteiger partial charge is 0.376 e. The van der Waals surface area contributed by atoms with Crippen LogP contribution in [0.3, 0.4) is 0 Å². The highest BCUT2D eigenvalue weighted by Crippen LogP contribution is 2.12. The van der Waals surface area contributed by atoms with E-state index in [0.29, 0.717) is 5.56 Å². The third kappa shape index (κ3) is 5.95. The molecular formula is C20H25N3O2. The smallest absolute Gasteiger partial charge is 0.251 e. The van der Waals surface area contributed by atoms with Crippen molar-refractivity contribution in [2.24, 2.45) is 0 Å². The zero-order valence-electron chi connectivity index (χ0n) is 14.9. The number of nitrogens with one attached hydrogen (secondary N) is 3. The minimum atomic E-state index is -0.124. The lowest BCUT2D eigenvalue weighted by Gasteiger charge is -2.15. The van der Waals surface area contributed by atoms with Crippen LogP contribution in [0.2, 0.25) is 0 Å². The second-order valence-corrected chi connectivity index (χ2v) is 6.26. The zero-order chi connectivity index (χ0) is 18.2. The average Bonchev–Trinajstić information content (AvgIpc) is 2.60. The summed E-state index contributed by atoms with van der Waals surface area (Å²) in [5.74, 6) is -0.228. The van der Waals surface area contributed by atoms with Gasteiger partial charge in [-0.2, -0.15) is 0 Å². The van der Waals surface area contributed by atoms with Crippen molar-refractivity contribution >= 4 is 17.5 Å². The molecule has 2 rings (SSSR count). The molecule has 2 aromatic rings. The number of benzene rings is 2. The summed E-state index contributed by atoms with van der Waals surface area (Å²) in [4.78, 5) is 24.1. The van der Waals surface area contributed by atoms with Gasteiger partial charge in [0.1, 0.15) is 0 Å². The molecule has 0 aliphatic heterocycles. The number of carbonyl (C=O) groups is 2. The number of carbonyl (C=O) groups excluding carboxylic acids is 2. The van der Waals surface area contributed by atoms with Crippen LogP contribution in [-0.4, -0.2) is 24.4 Å². The molecule has 2 amide bonds. The van der Waals surface area contributed by atoms with E-state index < -0.39 is 0 Å². The summed E-state index contributed by atoms with van der Waals surface area (Å²) in [7, 11) is 0. The van der Waals surface area contributed by atoms with E-state index in [4.69, 9.17) is 0 Å². The van der Waals surface area contributed by atoms with Gasteiger partial charge in [-0.15, -0.1) is 0 Å². The third-order valence-corrected chi connectivity index (χ3v) is 3.67. The highest BCUT2D eigenvalue weighted by molar-refractivity contribution is 5.95. The van der Waals surface area contributed by atoms with Gasteiger partial charge in [0.15, 0.2) is 0 Å². The standard InChI is InChI=1S/C20H25N3O2/c1-14(2)22-20(25)17-10-7-11-18(12-17)21-13-19(24)23-15(3)16-8-5-4-6-9-16/h4-12,14-15,21H,13H2,1-3H3,(H,22,25)(H,23,24). The lowest BCUT2D eigenvalue weighted by molar-refractivity contribution is -0.120. The van der Waals surface area contributed by atoms with Crippen LogP contribution in [0, 0.1) is 0 Å². The molecule has 0 saturated heterocycles. The number of rotatable bonds is 7. The lowest BCUT2D eigenvalue weighted by atomic mass is 10.1. The van der Waals surface area contributed by atoms with Gasteiger partial charge in [0.2, 0.25) is 5.91 Å². The first kappa shape index (κ1) is 18.5. The number of amides is 2. The quantitative estimate of drug-likeness (QED) is 0.726. The summed E-state index contributed by atoms with van der Waals surface area (Å²) in [6.45, 7) is 5.92. The van der Waals surface area contributed by atoms with E-state index in [1.807, 2.05) is 57.2 Å². The summed E-state index contributed by atoms with van der Waals surface area (Å²) in [6, 6.07) is 16.9. The Labute approximate surface area is 148 Å².